The van der Waals surface area contributed by atoms with Crippen molar-refractivity contribution in [1.82, 2.24) is 10.6 Å². The quantitative estimate of drug-likeness (QED) is 0.601. The third-order valence-electron chi connectivity index (χ3n) is 3.45. The number of rotatable bonds is 4. The van der Waals surface area contributed by atoms with E-state index < -0.39 is 0 Å². The van der Waals surface area contributed by atoms with Crippen molar-refractivity contribution < 1.29 is 14.6 Å². The van der Waals surface area contributed by atoms with Crippen molar-refractivity contribution in [2.24, 2.45) is 0 Å². The van der Waals surface area contributed by atoms with Crippen LogP contribution in [0.25, 0.3) is 0 Å². The van der Waals surface area contributed by atoms with E-state index in [0.29, 0.717) is 13.0 Å². The minimum absolute atomic E-state index is 0.0109. The fraction of sp³-hybridized carbons (Fsp3) is 0.909. The number of hydrogen-bond donors (Lipinski definition) is 3. The first-order valence-corrected chi connectivity index (χ1v) is 5.97. The zero-order valence-electron chi connectivity index (χ0n) is 9.50. The molecule has 2 fully saturated rings. The van der Waals surface area contributed by atoms with Gasteiger partial charge in [0.05, 0.1) is 25.4 Å². The van der Waals surface area contributed by atoms with Crippen LogP contribution in [0.1, 0.15) is 25.7 Å². The fourth-order valence-electron chi connectivity index (χ4n) is 2.25. The molecule has 5 nitrogen and oxygen atoms in total. The van der Waals surface area contributed by atoms with Gasteiger partial charge in [0, 0.05) is 19.0 Å². The number of aliphatic hydroxyl groups excluding tert-OH is 1. The fourth-order valence-corrected chi connectivity index (χ4v) is 2.25. The Labute approximate surface area is 95.5 Å². The van der Waals surface area contributed by atoms with Crippen molar-refractivity contribution in [3.63, 3.8) is 0 Å². The van der Waals surface area contributed by atoms with E-state index in [4.69, 9.17) is 4.74 Å². The van der Waals surface area contributed by atoms with Crippen molar-refractivity contribution in [3.8, 4) is 0 Å². The largest absolute Gasteiger partial charge is 0.394 e. The number of nitrogens with one attached hydrogen (secondary N) is 2. The molecule has 1 amide bonds. The molecule has 3 N–H and O–H groups in total. The van der Waals surface area contributed by atoms with Crippen LogP contribution in [0.2, 0.25) is 0 Å². The van der Waals surface area contributed by atoms with Gasteiger partial charge in [0.15, 0.2) is 0 Å². The minimum Gasteiger partial charge on any atom is -0.394 e. The van der Waals surface area contributed by atoms with Crippen LogP contribution in [-0.2, 0) is 9.53 Å². The maximum absolute atomic E-state index is 11.8. The maximum Gasteiger partial charge on any atom is 0.222 e. The average Bonchev–Trinajstić information content (AvgIpc) is 2.25. The number of hydrogen-bond acceptors (Lipinski definition) is 4. The first kappa shape index (κ1) is 11.8. The zero-order valence-corrected chi connectivity index (χ0v) is 9.50. The molecule has 0 aromatic carbocycles. The summed E-state index contributed by atoms with van der Waals surface area (Å²) in [5, 5.41) is 15.4. The Balaban J connectivity index is 1.74. The van der Waals surface area contributed by atoms with Gasteiger partial charge in [-0.3, -0.25) is 4.79 Å². The third-order valence-corrected chi connectivity index (χ3v) is 3.45. The van der Waals surface area contributed by atoms with Crippen molar-refractivity contribution in [1.29, 1.82) is 0 Å². The van der Waals surface area contributed by atoms with Crippen LogP contribution in [0.4, 0.5) is 0 Å². The van der Waals surface area contributed by atoms with Crippen LogP contribution >= 0.6 is 0 Å². The lowest BCUT2D eigenvalue weighted by Crippen LogP contribution is -2.57. The molecular weight excluding hydrogens is 208 g/mol. The molecule has 1 saturated carbocycles. The summed E-state index contributed by atoms with van der Waals surface area (Å²) >= 11 is 0. The lowest BCUT2D eigenvalue weighted by Gasteiger charge is -2.41. The number of ether oxygens (including phenoxy) is 1. The van der Waals surface area contributed by atoms with Gasteiger partial charge in [-0.05, 0) is 19.3 Å². The highest BCUT2D eigenvalue weighted by Gasteiger charge is 2.37. The smallest absolute Gasteiger partial charge is 0.222 e. The number of aliphatic hydroxyl groups is 1. The second-order valence-electron chi connectivity index (χ2n) is 4.77. The number of amides is 1. The average molecular weight is 228 g/mol. The van der Waals surface area contributed by atoms with Crippen molar-refractivity contribution >= 4 is 5.91 Å². The highest BCUT2D eigenvalue weighted by Crippen LogP contribution is 2.31. The Hall–Kier alpha value is -0.650. The highest BCUT2D eigenvalue weighted by atomic mass is 16.5. The Morgan fingerprint density at radius 2 is 2.38 bits per heavy atom. The monoisotopic (exact) mass is 228 g/mol. The highest BCUT2D eigenvalue weighted by molar-refractivity contribution is 5.77. The van der Waals surface area contributed by atoms with Gasteiger partial charge in [0.2, 0.25) is 5.91 Å². The lowest BCUT2D eigenvalue weighted by molar-refractivity contribution is -0.126. The molecule has 1 heterocycles. The van der Waals surface area contributed by atoms with Gasteiger partial charge in [-0.25, -0.2) is 0 Å². The SMILES string of the molecule is O=C(CC1COCCN1)NC1(CO)CCC1. The molecule has 1 aliphatic heterocycles. The molecule has 1 aliphatic carbocycles. The van der Waals surface area contributed by atoms with Crippen molar-refractivity contribution in [2.75, 3.05) is 26.4 Å². The van der Waals surface area contributed by atoms with E-state index in [9.17, 15) is 9.90 Å². The van der Waals surface area contributed by atoms with Gasteiger partial charge in [-0.15, -0.1) is 0 Å². The Bertz CT molecular complexity index is 242. The molecule has 0 spiro atoms. The Morgan fingerprint density at radius 3 is 2.88 bits per heavy atom. The predicted octanol–water partition coefficient (Wildman–Crippen LogP) is -0.604. The van der Waals surface area contributed by atoms with Gasteiger partial charge in [0.25, 0.3) is 0 Å². The molecule has 0 bridgehead atoms. The van der Waals surface area contributed by atoms with Crippen LogP contribution in [-0.4, -0.2) is 49.0 Å². The van der Waals surface area contributed by atoms with E-state index >= 15 is 0 Å². The molecular formula is C11H20N2O3. The standard InChI is InChI=1S/C11H20N2O3/c14-8-11(2-1-3-11)13-10(15)6-9-7-16-5-4-12-9/h9,12,14H,1-8H2,(H,13,15). The summed E-state index contributed by atoms with van der Waals surface area (Å²) in [5.74, 6) is 0.0109. The normalized spacial score (nSPS) is 28.2. The topological polar surface area (TPSA) is 70.6 Å². The van der Waals surface area contributed by atoms with Crippen LogP contribution < -0.4 is 10.6 Å². The van der Waals surface area contributed by atoms with Gasteiger partial charge < -0.3 is 20.5 Å². The molecule has 0 aromatic rings. The Kier molecular flexibility index (Phi) is 3.78. The number of morpholine rings is 1. The first-order chi connectivity index (χ1) is 7.74. The molecule has 0 radical (unpaired) electrons. The molecule has 1 saturated heterocycles. The summed E-state index contributed by atoms with van der Waals surface area (Å²) in [6.07, 6.45) is 3.31. The van der Waals surface area contributed by atoms with E-state index in [2.05, 4.69) is 10.6 Å². The predicted molar refractivity (Wildman–Crippen MR) is 59.0 cm³/mol. The summed E-state index contributed by atoms with van der Waals surface area (Å²) in [6, 6.07) is 0.115. The number of carbonyl (C=O) groups is 1. The summed E-state index contributed by atoms with van der Waals surface area (Å²) in [7, 11) is 0. The number of carbonyl (C=O) groups excluding carboxylic acids is 1. The summed E-state index contributed by atoms with van der Waals surface area (Å²) in [6.45, 7) is 2.18. The molecule has 0 aromatic heterocycles. The van der Waals surface area contributed by atoms with E-state index in [0.717, 1.165) is 32.4 Å². The van der Waals surface area contributed by atoms with Gasteiger partial charge in [-0.2, -0.15) is 0 Å². The van der Waals surface area contributed by atoms with Crippen molar-refractivity contribution in [3.05, 3.63) is 0 Å². The van der Waals surface area contributed by atoms with E-state index in [1.165, 1.54) is 0 Å². The van der Waals surface area contributed by atoms with Gasteiger partial charge >= 0.3 is 0 Å². The molecule has 2 aliphatic rings. The van der Waals surface area contributed by atoms with E-state index in [-0.39, 0.29) is 24.1 Å². The second-order valence-corrected chi connectivity index (χ2v) is 4.77. The van der Waals surface area contributed by atoms with Gasteiger partial charge in [0.1, 0.15) is 0 Å². The lowest BCUT2D eigenvalue weighted by atomic mass is 9.77. The van der Waals surface area contributed by atoms with Crippen LogP contribution in [0, 0.1) is 0 Å². The zero-order chi connectivity index (χ0) is 11.4. The maximum atomic E-state index is 11.8. The first-order valence-electron chi connectivity index (χ1n) is 5.97. The molecule has 1 atom stereocenters. The van der Waals surface area contributed by atoms with Crippen LogP contribution in [0.15, 0.2) is 0 Å². The second kappa shape index (κ2) is 5.12. The van der Waals surface area contributed by atoms with Gasteiger partial charge in [-0.1, -0.05) is 0 Å². The molecule has 5 heteroatoms. The van der Waals surface area contributed by atoms with E-state index in [1.807, 2.05) is 0 Å². The van der Waals surface area contributed by atoms with Crippen LogP contribution in [0.5, 0.6) is 0 Å². The van der Waals surface area contributed by atoms with Crippen LogP contribution in [0.3, 0.4) is 0 Å². The molecule has 16 heavy (non-hydrogen) atoms. The third kappa shape index (κ3) is 2.72. The summed E-state index contributed by atoms with van der Waals surface area (Å²) < 4.78 is 5.29. The summed E-state index contributed by atoms with van der Waals surface area (Å²) in [5.41, 5.74) is -0.327. The van der Waals surface area contributed by atoms with Crippen molar-refractivity contribution in [2.45, 2.75) is 37.3 Å². The Morgan fingerprint density at radius 1 is 1.56 bits per heavy atom. The van der Waals surface area contributed by atoms with E-state index in [1.54, 1.807) is 0 Å². The molecule has 2 rings (SSSR count). The summed E-state index contributed by atoms with van der Waals surface area (Å²) in [4.78, 5) is 11.8. The minimum atomic E-state index is -0.327. The molecule has 1 unspecified atom stereocenters. The molecule has 92 valence electrons.